The van der Waals surface area contributed by atoms with Crippen LogP contribution in [0.3, 0.4) is 0 Å². The zero-order valence-corrected chi connectivity index (χ0v) is 15.2. The van der Waals surface area contributed by atoms with Crippen LogP contribution in [-0.4, -0.2) is 67.9 Å². The molecule has 1 N–H and O–H groups in total. The second-order valence-corrected chi connectivity index (χ2v) is 6.68. The summed E-state index contributed by atoms with van der Waals surface area (Å²) in [4.78, 5) is 13.4. The highest BCUT2D eigenvalue weighted by Crippen LogP contribution is 2.26. The van der Waals surface area contributed by atoms with Gasteiger partial charge in [0.25, 0.3) is 0 Å². The van der Waals surface area contributed by atoms with Crippen LogP contribution in [0.1, 0.15) is 12.2 Å². The first-order valence-corrected chi connectivity index (χ1v) is 8.68. The van der Waals surface area contributed by atoms with Gasteiger partial charge in [-0.2, -0.15) is 0 Å². The van der Waals surface area contributed by atoms with E-state index in [9.17, 15) is 0 Å². The Hall–Kier alpha value is -2.12. The highest BCUT2D eigenvalue weighted by Gasteiger charge is 2.33. The normalized spacial score (nSPS) is 20.4. The fraction of sp³-hybridized carbons (Fsp3) is 0.556. The first kappa shape index (κ1) is 17.7. The molecule has 25 heavy (non-hydrogen) atoms. The van der Waals surface area contributed by atoms with E-state index in [-0.39, 0.29) is 6.10 Å². The fourth-order valence-corrected chi connectivity index (χ4v) is 3.29. The number of anilines is 2. The van der Waals surface area contributed by atoms with E-state index in [0.717, 1.165) is 49.9 Å². The molecular weight excluding hydrogens is 318 g/mol. The molecule has 1 saturated heterocycles. The van der Waals surface area contributed by atoms with Crippen LogP contribution in [0.2, 0.25) is 0 Å². The predicted molar refractivity (Wildman–Crippen MR) is 98.0 cm³/mol. The molecule has 0 saturated carbocycles. The van der Waals surface area contributed by atoms with Gasteiger partial charge in [-0.05, 0) is 32.6 Å². The van der Waals surface area contributed by atoms with Crippen LogP contribution >= 0.6 is 0 Å². The van der Waals surface area contributed by atoms with Crippen molar-refractivity contribution < 1.29 is 9.15 Å². The molecule has 7 heteroatoms. The number of ether oxygens (including phenoxy) is 1. The number of methoxy groups -OCH3 is 1. The van der Waals surface area contributed by atoms with Crippen molar-refractivity contribution >= 4 is 11.6 Å². The average Bonchev–Trinajstić information content (AvgIpc) is 3.24. The van der Waals surface area contributed by atoms with Gasteiger partial charge in [0, 0.05) is 45.3 Å². The maximum absolute atomic E-state index is 5.58. The van der Waals surface area contributed by atoms with Crippen LogP contribution in [0, 0.1) is 0 Å². The quantitative estimate of drug-likeness (QED) is 0.783. The number of likely N-dealkylation sites (N-methyl/N-ethyl adjacent to an activating group) is 1. The summed E-state index contributed by atoms with van der Waals surface area (Å²) in [5.74, 6) is 2.75. The molecule has 7 nitrogen and oxygen atoms in total. The van der Waals surface area contributed by atoms with Gasteiger partial charge in [-0.1, -0.05) is 0 Å². The summed E-state index contributed by atoms with van der Waals surface area (Å²) >= 11 is 0. The molecule has 0 spiro atoms. The number of hydrogen-bond donors (Lipinski definition) is 1. The SMILES string of the molecule is CO[C@H]1C[C@@H](CN(C)C)N(c2cc(NCCc3ccco3)ncn2)C1. The zero-order valence-electron chi connectivity index (χ0n) is 15.2. The minimum absolute atomic E-state index is 0.246. The van der Waals surface area contributed by atoms with Crippen molar-refractivity contribution in [2.45, 2.75) is 25.0 Å². The summed E-state index contributed by atoms with van der Waals surface area (Å²) in [5.41, 5.74) is 0. The molecule has 0 aromatic carbocycles. The summed E-state index contributed by atoms with van der Waals surface area (Å²) < 4.78 is 10.9. The molecule has 0 radical (unpaired) electrons. The summed E-state index contributed by atoms with van der Waals surface area (Å²) in [6.45, 7) is 2.61. The molecule has 0 unspecified atom stereocenters. The van der Waals surface area contributed by atoms with E-state index < -0.39 is 0 Å². The van der Waals surface area contributed by atoms with Crippen molar-refractivity contribution in [1.82, 2.24) is 14.9 Å². The summed E-state index contributed by atoms with van der Waals surface area (Å²) in [6, 6.07) is 6.30. The first-order chi connectivity index (χ1) is 12.2. The third-order valence-corrected chi connectivity index (χ3v) is 4.49. The standard InChI is InChI=1S/C18H27N5O2/c1-22(2)11-14-9-16(24-3)12-23(14)18-10-17(20-13-21-18)19-7-6-15-5-4-8-25-15/h4-5,8,10,13-14,16H,6-7,9,11-12H2,1-3H3,(H,19,20,21)/t14-,16-/m0/s1. The molecular formula is C18H27N5O2. The molecule has 0 bridgehead atoms. The Morgan fingerprint density at radius 2 is 2.28 bits per heavy atom. The third kappa shape index (κ3) is 4.70. The Kier molecular flexibility index (Phi) is 5.88. The molecule has 2 aromatic heterocycles. The molecule has 1 aliphatic heterocycles. The summed E-state index contributed by atoms with van der Waals surface area (Å²) in [6.07, 6.45) is 5.40. The van der Waals surface area contributed by atoms with Gasteiger partial charge in [0.05, 0.1) is 12.4 Å². The Balaban J connectivity index is 1.64. The molecule has 1 aliphatic rings. The molecule has 3 rings (SSSR count). The molecule has 3 heterocycles. The van der Waals surface area contributed by atoms with E-state index in [4.69, 9.17) is 9.15 Å². The first-order valence-electron chi connectivity index (χ1n) is 8.68. The predicted octanol–water partition coefficient (Wildman–Crippen LogP) is 1.88. The number of nitrogens with one attached hydrogen (secondary N) is 1. The van der Waals surface area contributed by atoms with Gasteiger partial charge >= 0.3 is 0 Å². The smallest absolute Gasteiger partial charge is 0.134 e. The van der Waals surface area contributed by atoms with Crippen molar-refractivity contribution in [3.63, 3.8) is 0 Å². The Labute approximate surface area is 149 Å². The van der Waals surface area contributed by atoms with Gasteiger partial charge in [-0.3, -0.25) is 0 Å². The highest BCUT2D eigenvalue weighted by atomic mass is 16.5. The molecule has 2 atom stereocenters. The maximum Gasteiger partial charge on any atom is 0.134 e. The number of aromatic nitrogens is 2. The maximum atomic E-state index is 5.58. The minimum Gasteiger partial charge on any atom is -0.469 e. The van der Waals surface area contributed by atoms with Crippen LogP contribution in [-0.2, 0) is 11.2 Å². The van der Waals surface area contributed by atoms with Crippen LogP contribution in [0.5, 0.6) is 0 Å². The number of hydrogen-bond acceptors (Lipinski definition) is 7. The summed E-state index contributed by atoms with van der Waals surface area (Å²) in [5, 5.41) is 3.35. The Morgan fingerprint density at radius 3 is 3.00 bits per heavy atom. The van der Waals surface area contributed by atoms with Gasteiger partial charge in [0.2, 0.25) is 0 Å². The lowest BCUT2D eigenvalue weighted by molar-refractivity contribution is 0.117. The molecule has 0 amide bonds. The van der Waals surface area contributed by atoms with Gasteiger partial charge in [-0.15, -0.1) is 0 Å². The minimum atomic E-state index is 0.246. The molecule has 1 fully saturated rings. The van der Waals surface area contributed by atoms with E-state index in [1.165, 1.54) is 0 Å². The van der Waals surface area contributed by atoms with Crippen LogP contribution < -0.4 is 10.2 Å². The molecule has 0 aliphatic carbocycles. The van der Waals surface area contributed by atoms with Crippen molar-refractivity contribution in [2.24, 2.45) is 0 Å². The lowest BCUT2D eigenvalue weighted by Crippen LogP contribution is -2.38. The number of rotatable bonds is 8. The van der Waals surface area contributed by atoms with E-state index in [1.54, 1.807) is 19.7 Å². The lowest BCUT2D eigenvalue weighted by atomic mass is 10.2. The Bertz CT molecular complexity index is 647. The van der Waals surface area contributed by atoms with E-state index in [1.807, 2.05) is 18.2 Å². The zero-order chi connectivity index (χ0) is 17.6. The highest BCUT2D eigenvalue weighted by molar-refractivity contribution is 5.50. The van der Waals surface area contributed by atoms with Crippen molar-refractivity contribution in [2.75, 3.05) is 51.1 Å². The third-order valence-electron chi connectivity index (χ3n) is 4.49. The average molecular weight is 345 g/mol. The van der Waals surface area contributed by atoms with Gasteiger partial charge < -0.3 is 24.3 Å². The van der Waals surface area contributed by atoms with Crippen LogP contribution in [0.4, 0.5) is 11.6 Å². The van der Waals surface area contributed by atoms with E-state index in [2.05, 4.69) is 39.2 Å². The van der Waals surface area contributed by atoms with Crippen molar-refractivity contribution in [3.8, 4) is 0 Å². The van der Waals surface area contributed by atoms with E-state index in [0.29, 0.717) is 6.04 Å². The van der Waals surface area contributed by atoms with Gasteiger partial charge in [-0.25, -0.2) is 9.97 Å². The lowest BCUT2D eigenvalue weighted by Gasteiger charge is -2.27. The summed E-state index contributed by atoms with van der Waals surface area (Å²) in [7, 11) is 5.97. The number of furan rings is 1. The van der Waals surface area contributed by atoms with Crippen molar-refractivity contribution in [3.05, 3.63) is 36.5 Å². The largest absolute Gasteiger partial charge is 0.469 e. The number of nitrogens with zero attached hydrogens (tertiary/aromatic N) is 4. The van der Waals surface area contributed by atoms with Crippen LogP contribution in [0.15, 0.2) is 35.2 Å². The Morgan fingerprint density at radius 1 is 1.40 bits per heavy atom. The van der Waals surface area contributed by atoms with Crippen LogP contribution in [0.25, 0.3) is 0 Å². The van der Waals surface area contributed by atoms with Gasteiger partial charge in [0.15, 0.2) is 0 Å². The second-order valence-electron chi connectivity index (χ2n) is 6.68. The second kappa shape index (κ2) is 8.31. The van der Waals surface area contributed by atoms with Gasteiger partial charge in [0.1, 0.15) is 23.7 Å². The fourth-order valence-electron chi connectivity index (χ4n) is 3.29. The molecule has 136 valence electrons. The molecule has 2 aromatic rings. The van der Waals surface area contributed by atoms with E-state index >= 15 is 0 Å². The van der Waals surface area contributed by atoms with Crippen molar-refractivity contribution in [1.29, 1.82) is 0 Å². The monoisotopic (exact) mass is 345 g/mol. The topological polar surface area (TPSA) is 66.7 Å².